The first-order valence-corrected chi connectivity index (χ1v) is 7.38. The van der Waals surface area contributed by atoms with Crippen LogP contribution < -0.4 is 4.72 Å². The molecular formula is C10H20N2O6S. The number of carbonyl (C=O) groups is 1. The molecule has 1 fully saturated rings. The normalized spacial score (nSPS) is 18.9. The molecule has 19 heavy (non-hydrogen) atoms. The molecule has 0 unspecified atom stereocenters. The molecule has 1 heterocycles. The number of methoxy groups -OCH3 is 2. The number of carboxylic acids is 1. The summed E-state index contributed by atoms with van der Waals surface area (Å²) >= 11 is 0. The maximum Gasteiger partial charge on any atom is 0.306 e. The Hall–Kier alpha value is -0.740. The van der Waals surface area contributed by atoms with Crippen LogP contribution in [-0.2, 0) is 24.5 Å². The van der Waals surface area contributed by atoms with Crippen molar-refractivity contribution >= 4 is 16.2 Å². The zero-order valence-corrected chi connectivity index (χ0v) is 11.9. The molecular weight excluding hydrogens is 276 g/mol. The minimum absolute atomic E-state index is 0.00813. The van der Waals surface area contributed by atoms with E-state index in [0.29, 0.717) is 12.8 Å². The van der Waals surface area contributed by atoms with Gasteiger partial charge in [-0.3, -0.25) is 4.79 Å². The molecule has 112 valence electrons. The van der Waals surface area contributed by atoms with E-state index in [4.69, 9.17) is 14.6 Å². The summed E-state index contributed by atoms with van der Waals surface area (Å²) in [5, 5.41) is 8.85. The summed E-state index contributed by atoms with van der Waals surface area (Å²) in [6, 6.07) is 0. The molecule has 1 aliphatic heterocycles. The summed E-state index contributed by atoms with van der Waals surface area (Å²) < 4.78 is 37.3. The second kappa shape index (κ2) is 7.15. The molecule has 2 N–H and O–H groups in total. The van der Waals surface area contributed by atoms with E-state index in [1.54, 1.807) is 0 Å². The molecule has 9 heteroatoms. The van der Waals surface area contributed by atoms with Crippen molar-refractivity contribution in [1.29, 1.82) is 0 Å². The predicted octanol–water partition coefficient (Wildman–Crippen LogP) is -0.764. The number of nitrogens with zero attached hydrogens (tertiary/aromatic N) is 1. The molecule has 0 aliphatic carbocycles. The highest BCUT2D eigenvalue weighted by atomic mass is 32.2. The molecule has 1 aliphatic rings. The van der Waals surface area contributed by atoms with Crippen LogP contribution in [0.2, 0.25) is 0 Å². The van der Waals surface area contributed by atoms with Crippen LogP contribution in [0.5, 0.6) is 0 Å². The number of piperidine rings is 1. The third kappa shape index (κ3) is 4.69. The molecule has 0 aromatic rings. The van der Waals surface area contributed by atoms with Gasteiger partial charge in [0.1, 0.15) is 0 Å². The van der Waals surface area contributed by atoms with Crippen molar-refractivity contribution in [3.63, 3.8) is 0 Å². The number of aliphatic carboxylic acids is 1. The van der Waals surface area contributed by atoms with Gasteiger partial charge in [0.25, 0.3) is 10.2 Å². The van der Waals surface area contributed by atoms with Gasteiger partial charge in [0.15, 0.2) is 6.29 Å². The Labute approximate surface area is 112 Å². The lowest BCUT2D eigenvalue weighted by Crippen LogP contribution is -2.47. The van der Waals surface area contributed by atoms with Crippen LogP contribution in [0.3, 0.4) is 0 Å². The molecule has 0 spiro atoms. The number of hydrogen-bond acceptors (Lipinski definition) is 5. The van der Waals surface area contributed by atoms with Crippen molar-refractivity contribution in [2.24, 2.45) is 5.92 Å². The lowest BCUT2D eigenvalue weighted by molar-refractivity contribution is -0.142. The predicted molar refractivity (Wildman–Crippen MR) is 66.7 cm³/mol. The third-order valence-corrected chi connectivity index (χ3v) is 4.68. The summed E-state index contributed by atoms with van der Waals surface area (Å²) in [7, 11) is -0.782. The lowest BCUT2D eigenvalue weighted by Gasteiger charge is -2.29. The van der Waals surface area contributed by atoms with Crippen molar-refractivity contribution in [2.75, 3.05) is 33.9 Å². The molecule has 1 saturated heterocycles. The Kier molecular flexibility index (Phi) is 6.14. The maximum atomic E-state index is 12.0. The van der Waals surface area contributed by atoms with Gasteiger partial charge >= 0.3 is 5.97 Å². The average molecular weight is 296 g/mol. The van der Waals surface area contributed by atoms with E-state index < -0.39 is 28.4 Å². The van der Waals surface area contributed by atoms with E-state index in [9.17, 15) is 13.2 Å². The molecule has 0 bridgehead atoms. The fourth-order valence-electron chi connectivity index (χ4n) is 1.87. The smallest absolute Gasteiger partial charge is 0.306 e. The van der Waals surface area contributed by atoms with E-state index in [1.807, 2.05) is 0 Å². The molecule has 1 rings (SSSR count). The molecule has 8 nitrogen and oxygen atoms in total. The van der Waals surface area contributed by atoms with Gasteiger partial charge in [-0.25, -0.2) is 0 Å². The maximum absolute atomic E-state index is 12.0. The number of ether oxygens (including phenoxy) is 2. The number of nitrogens with one attached hydrogen (secondary N) is 1. The zero-order chi connectivity index (χ0) is 14.5. The summed E-state index contributed by atoms with van der Waals surface area (Å²) in [6.45, 7) is 0.419. The fourth-order valence-corrected chi connectivity index (χ4v) is 3.09. The largest absolute Gasteiger partial charge is 0.481 e. The van der Waals surface area contributed by atoms with Crippen LogP contribution in [0.15, 0.2) is 0 Å². The van der Waals surface area contributed by atoms with E-state index in [1.165, 1.54) is 18.5 Å². The highest BCUT2D eigenvalue weighted by Crippen LogP contribution is 2.19. The van der Waals surface area contributed by atoms with Crippen LogP contribution in [0.25, 0.3) is 0 Å². The lowest BCUT2D eigenvalue weighted by atomic mass is 9.99. The van der Waals surface area contributed by atoms with E-state index in [0.717, 1.165) is 0 Å². The van der Waals surface area contributed by atoms with Crippen molar-refractivity contribution in [2.45, 2.75) is 19.1 Å². The van der Waals surface area contributed by atoms with E-state index in [2.05, 4.69) is 4.72 Å². The number of rotatable bonds is 7. The summed E-state index contributed by atoms with van der Waals surface area (Å²) in [5.74, 6) is -1.33. The van der Waals surface area contributed by atoms with Crippen LogP contribution in [0.4, 0.5) is 0 Å². The van der Waals surface area contributed by atoms with Gasteiger partial charge in [-0.15, -0.1) is 0 Å². The first kappa shape index (κ1) is 16.3. The summed E-state index contributed by atoms with van der Waals surface area (Å²) in [6.07, 6.45) is 0.00830. The van der Waals surface area contributed by atoms with E-state index in [-0.39, 0.29) is 19.6 Å². The number of hydrogen-bond donors (Lipinski definition) is 2. The highest BCUT2D eigenvalue weighted by molar-refractivity contribution is 7.87. The Morgan fingerprint density at radius 1 is 1.37 bits per heavy atom. The van der Waals surface area contributed by atoms with Crippen LogP contribution >= 0.6 is 0 Å². The SMILES string of the molecule is COC(CNS(=O)(=O)N1CCC(C(=O)O)CC1)OC. The quantitative estimate of drug-likeness (QED) is 0.598. The molecule has 0 atom stereocenters. The molecule has 0 aromatic heterocycles. The minimum Gasteiger partial charge on any atom is -0.481 e. The van der Waals surface area contributed by atoms with Gasteiger partial charge in [-0.05, 0) is 12.8 Å². The van der Waals surface area contributed by atoms with E-state index >= 15 is 0 Å². The standard InChI is InChI=1S/C10H20N2O6S/c1-17-9(18-2)7-11-19(15,16)12-5-3-8(4-6-12)10(13)14/h8-9,11H,3-7H2,1-2H3,(H,13,14). The zero-order valence-electron chi connectivity index (χ0n) is 11.0. The van der Waals surface area contributed by atoms with Gasteiger partial charge < -0.3 is 14.6 Å². The average Bonchev–Trinajstić information content (AvgIpc) is 2.40. The van der Waals surface area contributed by atoms with Crippen molar-refractivity contribution in [3.8, 4) is 0 Å². The van der Waals surface area contributed by atoms with Gasteiger partial charge in [-0.1, -0.05) is 0 Å². The first-order valence-electron chi connectivity index (χ1n) is 5.94. The van der Waals surface area contributed by atoms with Crippen LogP contribution in [0.1, 0.15) is 12.8 Å². The third-order valence-electron chi connectivity index (χ3n) is 3.10. The molecule has 0 aromatic carbocycles. The van der Waals surface area contributed by atoms with Gasteiger partial charge in [0.2, 0.25) is 0 Å². The topological polar surface area (TPSA) is 105 Å². The Morgan fingerprint density at radius 2 is 1.89 bits per heavy atom. The monoisotopic (exact) mass is 296 g/mol. The Morgan fingerprint density at radius 3 is 2.32 bits per heavy atom. The first-order chi connectivity index (χ1) is 8.90. The van der Waals surface area contributed by atoms with Gasteiger partial charge in [0, 0.05) is 27.3 Å². The van der Waals surface area contributed by atoms with Gasteiger partial charge in [-0.2, -0.15) is 17.4 Å². The Balaban J connectivity index is 2.48. The van der Waals surface area contributed by atoms with Crippen molar-refractivity contribution in [1.82, 2.24) is 9.03 Å². The van der Waals surface area contributed by atoms with Crippen molar-refractivity contribution < 1.29 is 27.8 Å². The minimum atomic E-state index is -3.62. The molecule has 0 saturated carbocycles. The second-order valence-corrected chi connectivity index (χ2v) is 6.02. The van der Waals surface area contributed by atoms with Crippen LogP contribution in [0, 0.1) is 5.92 Å². The summed E-state index contributed by atoms with van der Waals surface area (Å²) in [4.78, 5) is 10.8. The Bertz CT molecular complexity index is 387. The summed E-state index contributed by atoms with van der Waals surface area (Å²) in [5.41, 5.74) is 0. The fraction of sp³-hybridized carbons (Fsp3) is 0.900. The number of carboxylic acid groups (broad SMARTS) is 1. The van der Waals surface area contributed by atoms with Gasteiger partial charge in [0.05, 0.1) is 12.5 Å². The van der Waals surface area contributed by atoms with Crippen molar-refractivity contribution in [3.05, 3.63) is 0 Å². The van der Waals surface area contributed by atoms with Crippen LogP contribution in [-0.4, -0.2) is 63.9 Å². The molecule has 0 amide bonds. The molecule has 0 radical (unpaired) electrons. The highest BCUT2D eigenvalue weighted by Gasteiger charge is 2.31. The second-order valence-electron chi connectivity index (χ2n) is 4.27.